The van der Waals surface area contributed by atoms with Crippen molar-refractivity contribution >= 4 is 10.0 Å². The minimum atomic E-state index is -3.59. The summed E-state index contributed by atoms with van der Waals surface area (Å²) >= 11 is 0. The maximum absolute atomic E-state index is 12.2. The van der Waals surface area contributed by atoms with Crippen molar-refractivity contribution in [2.75, 3.05) is 6.54 Å². The molecule has 0 aliphatic heterocycles. The van der Waals surface area contributed by atoms with Crippen LogP contribution in [0.2, 0.25) is 0 Å². The van der Waals surface area contributed by atoms with Crippen LogP contribution in [0.5, 0.6) is 0 Å². The Balaban J connectivity index is 2.20. The summed E-state index contributed by atoms with van der Waals surface area (Å²) in [5.41, 5.74) is 5.15. The molecule has 0 bridgehead atoms. The van der Waals surface area contributed by atoms with E-state index in [9.17, 15) is 8.42 Å². The van der Waals surface area contributed by atoms with Crippen LogP contribution in [0.3, 0.4) is 0 Å². The van der Waals surface area contributed by atoms with Crippen LogP contribution in [-0.2, 0) is 16.6 Å². The molecule has 102 valence electrons. The Morgan fingerprint density at radius 2 is 2.28 bits per heavy atom. The van der Waals surface area contributed by atoms with Gasteiger partial charge < -0.3 is 10.3 Å². The normalized spacial score (nSPS) is 19.7. The zero-order chi connectivity index (χ0) is 13.4. The van der Waals surface area contributed by atoms with Crippen molar-refractivity contribution < 1.29 is 8.42 Å². The molecule has 1 aliphatic rings. The molecule has 2 rings (SSSR count). The van der Waals surface area contributed by atoms with Crippen LogP contribution in [0, 0.1) is 5.92 Å². The molecule has 0 saturated heterocycles. The van der Waals surface area contributed by atoms with E-state index in [1.165, 1.54) is 12.5 Å². The molecular formula is C11H20N4O2S. The second-order valence-electron chi connectivity index (χ2n) is 5.04. The topological polar surface area (TPSA) is 90.0 Å². The first kappa shape index (κ1) is 13.5. The number of aryl methyl sites for hydroxylation is 1. The molecule has 1 unspecified atom stereocenters. The SMILES string of the molecule is CCn1cnc(S(=O)(=O)NC(C)(CN)C2CC2)c1. The van der Waals surface area contributed by atoms with Gasteiger partial charge in [0, 0.05) is 24.8 Å². The Morgan fingerprint density at radius 1 is 1.61 bits per heavy atom. The number of nitrogens with zero attached hydrogens (tertiary/aromatic N) is 2. The van der Waals surface area contributed by atoms with Gasteiger partial charge in [0.15, 0.2) is 5.03 Å². The zero-order valence-electron chi connectivity index (χ0n) is 10.8. The van der Waals surface area contributed by atoms with E-state index in [0.717, 1.165) is 12.8 Å². The van der Waals surface area contributed by atoms with E-state index in [4.69, 9.17) is 5.73 Å². The minimum Gasteiger partial charge on any atom is -0.336 e. The molecule has 3 N–H and O–H groups in total. The summed E-state index contributed by atoms with van der Waals surface area (Å²) in [6.45, 7) is 4.78. The predicted molar refractivity (Wildman–Crippen MR) is 68.4 cm³/mol. The number of aromatic nitrogens is 2. The lowest BCUT2D eigenvalue weighted by atomic mass is 9.98. The Kier molecular flexibility index (Phi) is 3.48. The van der Waals surface area contributed by atoms with Crippen molar-refractivity contribution in [3.8, 4) is 0 Å². The summed E-state index contributed by atoms with van der Waals surface area (Å²) in [6.07, 6.45) is 5.11. The quantitative estimate of drug-likeness (QED) is 0.780. The van der Waals surface area contributed by atoms with Crippen molar-refractivity contribution in [3.05, 3.63) is 12.5 Å². The van der Waals surface area contributed by atoms with E-state index >= 15 is 0 Å². The lowest BCUT2D eigenvalue weighted by Gasteiger charge is -2.28. The van der Waals surface area contributed by atoms with Gasteiger partial charge in [-0.1, -0.05) is 0 Å². The standard InChI is InChI=1S/C11H20N4O2S/c1-3-15-6-10(13-8-15)18(16,17)14-11(2,7-12)9-4-5-9/h6,8-9,14H,3-5,7,12H2,1-2H3. The van der Waals surface area contributed by atoms with Crippen molar-refractivity contribution in [1.29, 1.82) is 0 Å². The van der Waals surface area contributed by atoms with Crippen LogP contribution in [0.25, 0.3) is 0 Å². The van der Waals surface area contributed by atoms with E-state index in [0.29, 0.717) is 19.0 Å². The highest BCUT2D eigenvalue weighted by atomic mass is 32.2. The van der Waals surface area contributed by atoms with Crippen LogP contribution in [-0.4, -0.2) is 30.1 Å². The molecule has 18 heavy (non-hydrogen) atoms. The van der Waals surface area contributed by atoms with Gasteiger partial charge in [0.1, 0.15) is 0 Å². The molecule has 0 amide bonds. The Bertz CT molecular complexity index is 521. The van der Waals surface area contributed by atoms with Gasteiger partial charge in [0.2, 0.25) is 0 Å². The highest BCUT2D eigenvalue weighted by molar-refractivity contribution is 7.89. The molecule has 1 fully saturated rings. The fourth-order valence-corrected chi connectivity index (χ4v) is 3.45. The molecule has 7 heteroatoms. The molecular weight excluding hydrogens is 252 g/mol. The largest absolute Gasteiger partial charge is 0.336 e. The number of rotatable bonds is 6. The number of nitrogens with two attached hydrogens (primary N) is 1. The Morgan fingerprint density at radius 3 is 2.72 bits per heavy atom. The van der Waals surface area contributed by atoms with E-state index in [-0.39, 0.29) is 5.03 Å². The van der Waals surface area contributed by atoms with Gasteiger partial charge >= 0.3 is 0 Å². The van der Waals surface area contributed by atoms with Crippen LogP contribution < -0.4 is 10.5 Å². The monoisotopic (exact) mass is 272 g/mol. The average Bonchev–Trinajstić information content (AvgIpc) is 3.06. The number of hydrogen-bond acceptors (Lipinski definition) is 4. The summed E-state index contributed by atoms with van der Waals surface area (Å²) in [7, 11) is -3.59. The van der Waals surface area contributed by atoms with Crippen molar-refractivity contribution in [1.82, 2.24) is 14.3 Å². The predicted octanol–water partition coefficient (Wildman–Crippen LogP) is 0.309. The fraction of sp³-hybridized carbons (Fsp3) is 0.727. The summed E-state index contributed by atoms with van der Waals surface area (Å²) < 4.78 is 28.9. The number of imidazole rings is 1. The molecule has 1 aliphatic carbocycles. The fourth-order valence-electron chi connectivity index (χ4n) is 2.02. The van der Waals surface area contributed by atoms with Gasteiger partial charge in [-0.05, 0) is 32.6 Å². The van der Waals surface area contributed by atoms with Crippen molar-refractivity contribution in [2.24, 2.45) is 11.7 Å². The smallest absolute Gasteiger partial charge is 0.260 e. The lowest BCUT2D eigenvalue weighted by Crippen LogP contribution is -2.53. The van der Waals surface area contributed by atoms with Crippen molar-refractivity contribution in [3.63, 3.8) is 0 Å². The molecule has 6 nitrogen and oxygen atoms in total. The molecule has 0 spiro atoms. The second-order valence-corrected chi connectivity index (χ2v) is 6.67. The second kappa shape index (κ2) is 4.64. The molecule has 1 heterocycles. The number of sulfonamides is 1. The summed E-state index contributed by atoms with van der Waals surface area (Å²) in [4.78, 5) is 3.93. The van der Waals surface area contributed by atoms with Gasteiger partial charge in [-0.2, -0.15) is 0 Å². The molecule has 0 radical (unpaired) electrons. The molecule has 1 aromatic heterocycles. The first-order chi connectivity index (χ1) is 8.41. The highest BCUT2D eigenvalue weighted by Crippen LogP contribution is 2.39. The van der Waals surface area contributed by atoms with Crippen LogP contribution in [0.4, 0.5) is 0 Å². The maximum atomic E-state index is 12.2. The van der Waals surface area contributed by atoms with Gasteiger partial charge in [0.05, 0.1) is 6.33 Å². The molecule has 1 saturated carbocycles. The lowest BCUT2D eigenvalue weighted by molar-refractivity contribution is 0.373. The maximum Gasteiger partial charge on any atom is 0.260 e. The Hall–Kier alpha value is -0.920. The van der Waals surface area contributed by atoms with Gasteiger partial charge in [-0.25, -0.2) is 18.1 Å². The van der Waals surface area contributed by atoms with Crippen LogP contribution in [0.1, 0.15) is 26.7 Å². The summed E-state index contributed by atoms with van der Waals surface area (Å²) in [5.74, 6) is 0.338. The van der Waals surface area contributed by atoms with Crippen LogP contribution >= 0.6 is 0 Å². The molecule has 1 atom stereocenters. The highest BCUT2D eigenvalue weighted by Gasteiger charge is 2.43. The number of nitrogens with one attached hydrogen (secondary N) is 1. The zero-order valence-corrected chi connectivity index (χ0v) is 11.6. The van der Waals surface area contributed by atoms with Gasteiger partial charge in [0.25, 0.3) is 10.0 Å². The first-order valence-electron chi connectivity index (χ1n) is 6.17. The van der Waals surface area contributed by atoms with E-state index in [1.54, 1.807) is 4.57 Å². The van der Waals surface area contributed by atoms with Crippen molar-refractivity contribution in [2.45, 2.75) is 43.8 Å². The van der Waals surface area contributed by atoms with E-state index in [2.05, 4.69) is 9.71 Å². The third-order valence-electron chi connectivity index (χ3n) is 3.52. The van der Waals surface area contributed by atoms with Gasteiger partial charge in [-0.15, -0.1) is 0 Å². The average molecular weight is 272 g/mol. The van der Waals surface area contributed by atoms with Crippen LogP contribution in [0.15, 0.2) is 17.6 Å². The summed E-state index contributed by atoms with van der Waals surface area (Å²) in [6, 6.07) is 0. The third kappa shape index (κ3) is 2.57. The van der Waals surface area contributed by atoms with E-state index in [1.807, 2.05) is 13.8 Å². The molecule has 0 aromatic carbocycles. The first-order valence-corrected chi connectivity index (χ1v) is 7.65. The van der Waals surface area contributed by atoms with E-state index < -0.39 is 15.6 Å². The number of hydrogen-bond donors (Lipinski definition) is 2. The summed E-state index contributed by atoms with van der Waals surface area (Å²) in [5, 5.41) is 0.0599. The third-order valence-corrected chi connectivity index (χ3v) is 5.02. The van der Waals surface area contributed by atoms with Gasteiger partial charge in [-0.3, -0.25) is 0 Å². The molecule has 1 aromatic rings. The Labute approximate surface area is 108 Å². The minimum absolute atomic E-state index is 0.0599.